The minimum absolute atomic E-state index is 0.100. The molecule has 358 valence electrons. The predicted octanol–water partition coefficient (Wildman–Crippen LogP) is 4.53. The van der Waals surface area contributed by atoms with Gasteiger partial charge >= 0.3 is 0 Å². The molecule has 67 heavy (non-hydrogen) atoms. The zero-order valence-electron chi connectivity index (χ0n) is 39.7. The summed E-state index contributed by atoms with van der Waals surface area (Å²) in [6.45, 7) is 15.2. The maximum atomic E-state index is 13.8. The molecule has 20 heteroatoms. The number of aromatic nitrogens is 6. The molecule has 6 rings (SSSR count). The molecule has 1 fully saturated rings. The first-order chi connectivity index (χ1) is 32.2. The van der Waals surface area contributed by atoms with Crippen LogP contribution in [0.3, 0.4) is 0 Å². The van der Waals surface area contributed by atoms with Crippen molar-refractivity contribution in [2.24, 2.45) is 22.2 Å². The highest BCUT2D eigenvalue weighted by molar-refractivity contribution is 6.47. The van der Waals surface area contributed by atoms with E-state index in [1.165, 1.54) is 25.3 Å². The van der Waals surface area contributed by atoms with Gasteiger partial charge in [0.15, 0.2) is 0 Å². The fourth-order valence-corrected chi connectivity index (χ4v) is 7.62. The van der Waals surface area contributed by atoms with Crippen LogP contribution in [0.2, 0.25) is 0 Å². The van der Waals surface area contributed by atoms with Crippen LogP contribution in [0.4, 0.5) is 11.9 Å². The third kappa shape index (κ3) is 12.5. The standard InChI is InChI=1S/C45H58N14O6.C2H6/c1-7-50-34(21-27(3)46)42(62)53-44-51-32-23-29(40(47)60)25-36(64-6)38(32)57(44)16-9-10-17-58-39-33(52-45(58)54-43(63)35-22-28(4)55-59(35)8-2)24-30(41(48)61)26-37(39)65-20-12-11-15-56-18-13-31(49-5)14-19-56;1-2/h9-12,21-26,31,49H,7-8,13-20,46H2,1-6H3,(H2,47,60)(H2,48,61)(H,51,53,62)(H,52,54,63);1-2H3/b10-9+,12-11-,27-21-,50-34?;. The van der Waals surface area contributed by atoms with Gasteiger partial charge in [0.05, 0.1) is 23.8 Å². The Morgan fingerprint density at radius 2 is 1.39 bits per heavy atom. The number of amides is 4. The number of benzene rings is 2. The highest BCUT2D eigenvalue weighted by Gasteiger charge is 2.23. The van der Waals surface area contributed by atoms with Crippen LogP contribution >= 0.6 is 0 Å². The largest absolute Gasteiger partial charge is 0.494 e. The van der Waals surface area contributed by atoms with Gasteiger partial charge in [-0.2, -0.15) is 5.10 Å². The van der Waals surface area contributed by atoms with E-state index in [9.17, 15) is 19.2 Å². The van der Waals surface area contributed by atoms with Crippen molar-refractivity contribution in [3.05, 3.63) is 88.9 Å². The zero-order chi connectivity index (χ0) is 48.8. The number of nitrogens with one attached hydrogen (secondary N) is 3. The van der Waals surface area contributed by atoms with Crippen molar-refractivity contribution in [1.29, 1.82) is 0 Å². The molecule has 2 aromatic carbocycles. The van der Waals surface area contributed by atoms with Gasteiger partial charge in [0.25, 0.3) is 11.8 Å². The number of hydrogen-bond acceptors (Lipinski definition) is 13. The first-order valence-electron chi connectivity index (χ1n) is 22.4. The summed E-state index contributed by atoms with van der Waals surface area (Å²) in [5, 5.41) is 13.6. The number of imidazole rings is 2. The van der Waals surface area contributed by atoms with Gasteiger partial charge in [-0.1, -0.05) is 38.2 Å². The van der Waals surface area contributed by atoms with Crippen molar-refractivity contribution in [3.63, 3.8) is 0 Å². The molecule has 0 saturated carbocycles. The molecule has 1 aliphatic rings. The number of aliphatic imine (C=N–C) groups is 1. The summed E-state index contributed by atoms with van der Waals surface area (Å²) in [5.41, 5.74) is 20.9. The second-order valence-corrected chi connectivity index (χ2v) is 15.5. The zero-order valence-corrected chi connectivity index (χ0v) is 39.7. The Bertz CT molecular complexity index is 2690. The fraction of sp³-hybridized carbons (Fsp3) is 0.404. The summed E-state index contributed by atoms with van der Waals surface area (Å²) in [4.78, 5) is 68.4. The quantitative estimate of drug-likeness (QED) is 0.0464. The summed E-state index contributed by atoms with van der Waals surface area (Å²) in [6.07, 6.45) is 11.3. The average Bonchev–Trinajstić information content (AvgIpc) is 3.99. The van der Waals surface area contributed by atoms with Gasteiger partial charge in [-0.3, -0.25) is 44.4 Å². The third-order valence-corrected chi connectivity index (χ3v) is 10.8. The van der Waals surface area contributed by atoms with Gasteiger partial charge in [-0.25, -0.2) is 9.97 Å². The Kier molecular flexibility index (Phi) is 18.0. The van der Waals surface area contributed by atoms with E-state index in [1.54, 1.807) is 52.8 Å². The molecule has 0 spiro atoms. The van der Waals surface area contributed by atoms with E-state index < -0.39 is 23.6 Å². The molecule has 9 N–H and O–H groups in total. The molecule has 20 nitrogen and oxygen atoms in total. The SMILES string of the molecule is CC.CCN=C(/C=C(/C)N)C(=O)Nc1nc2cc(C(N)=O)cc(OC)c2n1C/C=C/Cn1c(NC(=O)c2cc(C)nn2CC)nc2cc(C(N)=O)cc(OC/C=C\CN3CCC(NC)CC3)c21. The second kappa shape index (κ2) is 23.7. The van der Waals surface area contributed by atoms with Crippen LogP contribution in [0.5, 0.6) is 11.5 Å². The normalized spacial score (nSPS) is 13.9. The van der Waals surface area contributed by atoms with Gasteiger partial charge in [-0.05, 0) is 97.1 Å². The maximum absolute atomic E-state index is 13.8. The van der Waals surface area contributed by atoms with Crippen LogP contribution in [-0.2, 0) is 24.4 Å². The fourth-order valence-electron chi connectivity index (χ4n) is 7.62. The molecule has 3 aromatic heterocycles. The van der Waals surface area contributed by atoms with Crippen LogP contribution in [-0.4, -0.2) is 116 Å². The summed E-state index contributed by atoms with van der Waals surface area (Å²) in [7, 11) is 3.45. The number of primary amides is 2. The number of likely N-dealkylation sites (tertiary alicyclic amines) is 1. The minimum Gasteiger partial charge on any atom is -0.494 e. The highest BCUT2D eigenvalue weighted by atomic mass is 16.5. The van der Waals surface area contributed by atoms with E-state index in [4.69, 9.17) is 31.7 Å². The number of allylic oxidation sites excluding steroid dienone is 3. The van der Waals surface area contributed by atoms with Crippen LogP contribution in [0, 0.1) is 6.92 Å². The topological polar surface area (TPSA) is 270 Å². The first-order valence-corrected chi connectivity index (χ1v) is 22.4. The van der Waals surface area contributed by atoms with E-state index in [1.807, 2.05) is 46.0 Å². The molecule has 1 aliphatic heterocycles. The monoisotopic (exact) mass is 921 g/mol. The lowest BCUT2D eigenvalue weighted by atomic mass is 10.1. The van der Waals surface area contributed by atoms with Gasteiger partial charge < -0.3 is 41.1 Å². The Balaban J connectivity index is 0.00000414. The molecule has 5 aromatic rings. The van der Waals surface area contributed by atoms with Gasteiger partial charge in [0.2, 0.25) is 23.7 Å². The number of aryl methyl sites for hydroxylation is 2. The Labute approximate surface area is 390 Å². The van der Waals surface area contributed by atoms with Crippen molar-refractivity contribution in [1.82, 2.24) is 39.1 Å². The summed E-state index contributed by atoms with van der Waals surface area (Å²) in [5.74, 6) is -1.41. The van der Waals surface area contributed by atoms with Crippen LogP contribution in [0.25, 0.3) is 22.1 Å². The number of piperidine rings is 1. The third-order valence-electron chi connectivity index (χ3n) is 10.8. The van der Waals surface area contributed by atoms with E-state index in [2.05, 4.69) is 42.0 Å². The number of hydrogen-bond donors (Lipinski definition) is 6. The average molecular weight is 921 g/mol. The number of rotatable bonds is 20. The molecule has 0 aliphatic carbocycles. The molecule has 0 radical (unpaired) electrons. The number of ether oxygens (including phenoxy) is 2. The maximum Gasteiger partial charge on any atom is 0.276 e. The van der Waals surface area contributed by atoms with Crippen molar-refractivity contribution in [2.75, 3.05) is 57.6 Å². The Morgan fingerprint density at radius 3 is 1.93 bits per heavy atom. The molecule has 0 atom stereocenters. The predicted molar refractivity (Wildman–Crippen MR) is 262 cm³/mol. The van der Waals surface area contributed by atoms with E-state index >= 15 is 0 Å². The smallest absolute Gasteiger partial charge is 0.276 e. The van der Waals surface area contributed by atoms with E-state index in [0.717, 1.165) is 32.5 Å². The lowest BCUT2D eigenvalue weighted by Gasteiger charge is -2.30. The number of methoxy groups -OCH3 is 1. The van der Waals surface area contributed by atoms with E-state index in [0.29, 0.717) is 69.8 Å². The first kappa shape index (κ1) is 50.7. The number of fused-ring (bicyclic) bond motifs is 2. The van der Waals surface area contributed by atoms with Crippen molar-refractivity contribution in [3.8, 4) is 11.5 Å². The van der Waals surface area contributed by atoms with Crippen molar-refractivity contribution >= 4 is 63.3 Å². The Hall–Kier alpha value is -7.32. The molecular formula is C47H64N14O6. The van der Waals surface area contributed by atoms with Crippen molar-refractivity contribution in [2.45, 2.75) is 80.1 Å². The Morgan fingerprint density at radius 1 is 0.821 bits per heavy atom. The summed E-state index contributed by atoms with van der Waals surface area (Å²) < 4.78 is 17.1. The lowest BCUT2D eigenvalue weighted by Crippen LogP contribution is -2.41. The molecule has 1 saturated heterocycles. The molecule has 0 unspecified atom stereocenters. The highest BCUT2D eigenvalue weighted by Crippen LogP contribution is 2.33. The number of nitrogens with two attached hydrogens (primary N) is 3. The second-order valence-electron chi connectivity index (χ2n) is 15.5. The summed E-state index contributed by atoms with van der Waals surface area (Å²) >= 11 is 0. The number of carbonyl (C=O) groups is 4. The van der Waals surface area contributed by atoms with Crippen LogP contribution in [0.15, 0.2) is 71.4 Å². The minimum atomic E-state index is -0.682. The van der Waals surface area contributed by atoms with E-state index in [-0.39, 0.29) is 48.4 Å². The van der Waals surface area contributed by atoms with Gasteiger partial charge in [-0.15, -0.1) is 0 Å². The molecule has 0 bridgehead atoms. The number of anilines is 2. The number of carbonyl (C=O) groups excluding carboxylic acids is 4. The molecular weight excluding hydrogens is 857 g/mol. The van der Waals surface area contributed by atoms with Crippen LogP contribution in [0.1, 0.15) is 84.4 Å². The summed E-state index contributed by atoms with van der Waals surface area (Å²) in [6, 6.07) is 8.38. The number of nitrogens with zero attached hydrogens (tertiary/aromatic N) is 8. The molecule has 4 heterocycles. The van der Waals surface area contributed by atoms with Gasteiger partial charge in [0, 0.05) is 55.6 Å². The van der Waals surface area contributed by atoms with Crippen molar-refractivity contribution < 1.29 is 28.7 Å². The lowest BCUT2D eigenvalue weighted by molar-refractivity contribution is -0.110. The molecule has 4 amide bonds. The van der Waals surface area contributed by atoms with Gasteiger partial charge in [0.1, 0.15) is 40.5 Å². The van der Waals surface area contributed by atoms with Crippen LogP contribution < -0.4 is 42.6 Å².